The molecule has 0 spiro atoms. The van der Waals surface area contributed by atoms with E-state index in [0.717, 1.165) is 26.4 Å². The van der Waals surface area contributed by atoms with Crippen LogP contribution in [0.5, 0.6) is 0 Å². The van der Waals surface area contributed by atoms with Gasteiger partial charge in [0.2, 0.25) is 5.91 Å². The van der Waals surface area contributed by atoms with Crippen molar-refractivity contribution in [2.24, 2.45) is 0 Å². The second-order valence-corrected chi connectivity index (χ2v) is 7.19. The van der Waals surface area contributed by atoms with E-state index in [1.807, 2.05) is 0 Å². The Morgan fingerprint density at radius 1 is 1.20 bits per heavy atom. The molecule has 30 heavy (non-hydrogen) atoms. The largest absolute Gasteiger partial charge is 0.436 e. The van der Waals surface area contributed by atoms with Gasteiger partial charge in [0, 0.05) is 18.2 Å². The molecule has 2 aromatic heterocycles. The topological polar surface area (TPSA) is 73.0 Å². The molecule has 0 radical (unpaired) electrons. The predicted octanol–water partition coefficient (Wildman–Crippen LogP) is 1.65. The molecule has 2 aliphatic rings. The Bertz CT molecular complexity index is 1040. The van der Waals surface area contributed by atoms with Gasteiger partial charge in [0.25, 0.3) is 0 Å². The third kappa shape index (κ3) is 3.35. The van der Waals surface area contributed by atoms with Gasteiger partial charge in [-0.1, -0.05) is 0 Å². The van der Waals surface area contributed by atoms with Gasteiger partial charge in [0.1, 0.15) is 11.9 Å². The average molecular weight is 435 g/mol. The predicted molar refractivity (Wildman–Crippen MR) is 88.5 cm³/mol. The lowest BCUT2D eigenvalue weighted by Gasteiger charge is -2.20. The van der Waals surface area contributed by atoms with Crippen molar-refractivity contribution < 1.29 is 31.1 Å². The number of halogens is 6. The Hall–Kier alpha value is -2.86. The van der Waals surface area contributed by atoms with E-state index in [2.05, 4.69) is 10.1 Å². The molecular formula is C17H15F6N5O2. The second-order valence-electron chi connectivity index (χ2n) is 7.19. The summed E-state index contributed by atoms with van der Waals surface area (Å²) < 4.78 is 81.3. The van der Waals surface area contributed by atoms with Gasteiger partial charge in [0.05, 0.1) is 19.6 Å². The van der Waals surface area contributed by atoms with Gasteiger partial charge < -0.3 is 4.90 Å². The zero-order chi connectivity index (χ0) is 21.8. The van der Waals surface area contributed by atoms with E-state index in [4.69, 9.17) is 0 Å². The number of pyridine rings is 1. The van der Waals surface area contributed by atoms with Crippen molar-refractivity contribution in [3.05, 3.63) is 45.6 Å². The lowest BCUT2D eigenvalue weighted by atomic mass is 10.2. The highest BCUT2D eigenvalue weighted by molar-refractivity contribution is 5.81. The fraction of sp³-hybridized carbons (Fsp3) is 0.529. The zero-order valence-electron chi connectivity index (χ0n) is 15.2. The number of aromatic nitrogens is 4. The van der Waals surface area contributed by atoms with Crippen molar-refractivity contribution in [1.82, 2.24) is 24.2 Å². The normalized spacial score (nSPS) is 23.8. The summed E-state index contributed by atoms with van der Waals surface area (Å²) in [6.07, 6.45) is -7.42. The number of carbonyl (C=O) groups excluding carboxylic acids is 1. The van der Waals surface area contributed by atoms with Gasteiger partial charge in [-0.2, -0.15) is 18.3 Å². The summed E-state index contributed by atoms with van der Waals surface area (Å²) in [6, 6.07) is -0.0244. The van der Waals surface area contributed by atoms with Gasteiger partial charge in [-0.3, -0.25) is 9.36 Å². The fourth-order valence-electron chi connectivity index (χ4n) is 3.76. The number of rotatable bonds is 3. The summed E-state index contributed by atoms with van der Waals surface area (Å²) in [5.74, 6) is -2.05. The molecule has 2 unspecified atom stereocenters. The van der Waals surface area contributed by atoms with Crippen LogP contribution >= 0.6 is 0 Å². The maximum atomic E-state index is 14.2. The highest BCUT2D eigenvalue weighted by atomic mass is 19.4. The molecular weight excluding hydrogens is 420 g/mol. The Balaban J connectivity index is 1.61. The van der Waals surface area contributed by atoms with Crippen LogP contribution in [0.3, 0.4) is 0 Å². The number of likely N-dealkylation sites (tertiary alicyclic amines) is 1. The minimum absolute atomic E-state index is 0.191. The van der Waals surface area contributed by atoms with Crippen molar-refractivity contribution in [2.75, 3.05) is 13.1 Å². The summed E-state index contributed by atoms with van der Waals surface area (Å²) in [5.41, 5.74) is -2.97. The number of aryl methyl sites for hydroxylation is 1. The summed E-state index contributed by atoms with van der Waals surface area (Å²) in [4.78, 5) is 29.3. The van der Waals surface area contributed by atoms with E-state index in [0.29, 0.717) is 0 Å². The average Bonchev–Trinajstić information content (AvgIpc) is 3.32. The molecule has 13 heteroatoms. The van der Waals surface area contributed by atoms with Gasteiger partial charge >= 0.3 is 11.9 Å². The van der Waals surface area contributed by atoms with Crippen LogP contribution in [0.4, 0.5) is 26.3 Å². The standard InChI is InChI=1S/C17H15F6N5O2/c18-9-6-26(7-10(9)19)15(29)11-1-2-12-25-27(16(30)28(11)12)5-8-3-4-24-14(13(8)20)17(21,22)23/h3-4,9-11H,1-2,5-7H2/t9-,10?,11?/m0/s1. The smallest absolute Gasteiger partial charge is 0.335 e. The number of hydrogen-bond acceptors (Lipinski definition) is 4. The molecule has 4 heterocycles. The van der Waals surface area contributed by atoms with Crippen LogP contribution in [0.2, 0.25) is 0 Å². The minimum atomic E-state index is -5.00. The Labute approximate surface area is 164 Å². The Kier molecular flexibility index (Phi) is 4.85. The minimum Gasteiger partial charge on any atom is -0.335 e. The van der Waals surface area contributed by atoms with Crippen LogP contribution in [0.15, 0.2) is 17.1 Å². The molecule has 1 amide bonds. The number of hydrogen-bond donors (Lipinski definition) is 0. The zero-order valence-corrected chi connectivity index (χ0v) is 15.2. The molecule has 0 bridgehead atoms. The highest BCUT2D eigenvalue weighted by Gasteiger charge is 2.42. The number of fused-ring (bicyclic) bond motifs is 1. The molecule has 0 aliphatic carbocycles. The fourth-order valence-corrected chi connectivity index (χ4v) is 3.76. The Morgan fingerprint density at radius 2 is 1.87 bits per heavy atom. The van der Waals surface area contributed by atoms with Crippen molar-refractivity contribution in [1.29, 1.82) is 0 Å². The SMILES string of the molecule is O=C(C1CCc2nn(Cc3ccnc(C(F)(F)F)c3F)c(=O)n21)N1CC(F)[C@@H](F)C1. The van der Waals surface area contributed by atoms with Gasteiger partial charge in [0.15, 0.2) is 23.9 Å². The monoisotopic (exact) mass is 435 g/mol. The molecule has 7 nitrogen and oxygen atoms in total. The lowest BCUT2D eigenvalue weighted by Crippen LogP contribution is -2.39. The van der Waals surface area contributed by atoms with Crippen molar-refractivity contribution >= 4 is 5.91 Å². The first-order valence-electron chi connectivity index (χ1n) is 9.03. The van der Waals surface area contributed by atoms with Gasteiger partial charge in [-0.25, -0.2) is 27.6 Å². The van der Waals surface area contributed by atoms with Crippen molar-refractivity contribution in [3.8, 4) is 0 Å². The summed E-state index contributed by atoms with van der Waals surface area (Å²) in [6.45, 7) is -1.44. The number of amides is 1. The van der Waals surface area contributed by atoms with E-state index >= 15 is 0 Å². The maximum Gasteiger partial charge on any atom is 0.436 e. The molecule has 2 aliphatic heterocycles. The number of alkyl halides is 5. The first kappa shape index (κ1) is 20.4. The molecule has 0 aromatic carbocycles. The summed E-state index contributed by atoms with van der Waals surface area (Å²) in [5, 5.41) is 3.99. The lowest BCUT2D eigenvalue weighted by molar-refractivity contribution is -0.143. The van der Waals surface area contributed by atoms with Gasteiger partial charge in [-0.15, -0.1) is 0 Å². The van der Waals surface area contributed by atoms with Crippen LogP contribution in [-0.4, -0.2) is 55.6 Å². The van der Waals surface area contributed by atoms with Gasteiger partial charge in [-0.05, 0) is 12.5 Å². The molecule has 162 valence electrons. The molecule has 1 fully saturated rings. The second kappa shape index (κ2) is 7.13. The highest BCUT2D eigenvalue weighted by Crippen LogP contribution is 2.31. The van der Waals surface area contributed by atoms with E-state index in [-0.39, 0.29) is 18.7 Å². The van der Waals surface area contributed by atoms with E-state index in [1.165, 1.54) is 0 Å². The first-order chi connectivity index (χ1) is 14.1. The van der Waals surface area contributed by atoms with Crippen LogP contribution in [0, 0.1) is 5.82 Å². The first-order valence-corrected chi connectivity index (χ1v) is 9.03. The Morgan fingerprint density at radius 3 is 2.50 bits per heavy atom. The molecule has 0 saturated carbocycles. The van der Waals surface area contributed by atoms with Crippen molar-refractivity contribution in [2.45, 2.75) is 43.9 Å². The molecule has 1 saturated heterocycles. The molecule has 0 N–H and O–H groups in total. The van der Waals surface area contributed by atoms with E-state index in [1.54, 1.807) is 0 Å². The molecule has 2 aromatic rings. The number of nitrogens with zero attached hydrogens (tertiary/aromatic N) is 5. The van der Waals surface area contributed by atoms with E-state index < -0.39 is 72.9 Å². The molecule has 3 atom stereocenters. The van der Waals surface area contributed by atoms with Crippen LogP contribution in [0.25, 0.3) is 0 Å². The van der Waals surface area contributed by atoms with E-state index in [9.17, 15) is 35.9 Å². The van der Waals surface area contributed by atoms with Crippen LogP contribution in [0.1, 0.15) is 29.5 Å². The van der Waals surface area contributed by atoms with Crippen molar-refractivity contribution in [3.63, 3.8) is 0 Å². The van der Waals surface area contributed by atoms with Crippen LogP contribution < -0.4 is 5.69 Å². The van der Waals surface area contributed by atoms with Crippen LogP contribution in [-0.2, 0) is 23.9 Å². The third-order valence-electron chi connectivity index (χ3n) is 5.23. The summed E-state index contributed by atoms with van der Waals surface area (Å²) >= 11 is 0. The maximum absolute atomic E-state index is 14.2. The molecule has 4 rings (SSSR count). The number of carbonyl (C=O) groups is 1. The third-order valence-corrected chi connectivity index (χ3v) is 5.23. The quantitative estimate of drug-likeness (QED) is 0.688. The summed E-state index contributed by atoms with van der Waals surface area (Å²) in [7, 11) is 0.